The largest absolute Gasteiger partial charge is 0.497 e. The van der Waals surface area contributed by atoms with E-state index >= 15 is 0 Å². The van der Waals surface area contributed by atoms with Gasteiger partial charge in [-0.25, -0.2) is 0 Å². The van der Waals surface area contributed by atoms with Crippen LogP contribution in [0.5, 0.6) is 11.5 Å². The molecule has 0 aliphatic heterocycles. The van der Waals surface area contributed by atoms with Crippen LogP contribution in [0.1, 0.15) is 19.4 Å². The first-order valence-electron chi connectivity index (χ1n) is 5.07. The predicted octanol–water partition coefficient (Wildman–Crippen LogP) is 2.92. The summed E-state index contributed by atoms with van der Waals surface area (Å²) in [5, 5.41) is 3.26. The van der Waals surface area contributed by atoms with Crippen LogP contribution in [0.15, 0.2) is 16.6 Å². The van der Waals surface area contributed by atoms with Gasteiger partial charge in [-0.05, 0) is 27.0 Å². The molecule has 1 aromatic rings. The highest BCUT2D eigenvalue weighted by molar-refractivity contribution is 9.10. The summed E-state index contributed by atoms with van der Waals surface area (Å²) in [6.07, 6.45) is 0. The zero-order chi connectivity index (χ0) is 12.3. The van der Waals surface area contributed by atoms with Gasteiger partial charge in [0.15, 0.2) is 0 Å². The number of nitrogens with one attached hydrogen (secondary N) is 1. The fraction of sp³-hybridized carbons (Fsp3) is 0.500. The zero-order valence-corrected chi connectivity index (χ0v) is 11.9. The summed E-state index contributed by atoms with van der Waals surface area (Å²) in [7, 11) is 5.23. The third kappa shape index (κ3) is 2.50. The van der Waals surface area contributed by atoms with E-state index in [4.69, 9.17) is 9.47 Å². The van der Waals surface area contributed by atoms with Crippen molar-refractivity contribution < 1.29 is 9.47 Å². The lowest BCUT2D eigenvalue weighted by molar-refractivity contribution is 0.365. The molecule has 0 aliphatic rings. The minimum absolute atomic E-state index is 0.170. The third-order valence-electron chi connectivity index (χ3n) is 2.73. The van der Waals surface area contributed by atoms with Crippen LogP contribution in [0.25, 0.3) is 0 Å². The fourth-order valence-corrected chi connectivity index (χ4v) is 2.48. The Kier molecular flexibility index (Phi) is 4.21. The van der Waals surface area contributed by atoms with E-state index in [0.717, 1.165) is 21.5 Å². The predicted molar refractivity (Wildman–Crippen MR) is 69.3 cm³/mol. The van der Waals surface area contributed by atoms with E-state index in [1.807, 2.05) is 19.2 Å². The molecule has 0 atom stereocenters. The SMILES string of the molecule is CNC(C)(C)c1c(Br)cc(OC)cc1OC. The van der Waals surface area contributed by atoms with Crippen molar-refractivity contribution in [3.8, 4) is 11.5 Å². The molecule has 1 aromatic carbocycles. The van der Waals surface area contributed by atoms with Gasteiger partial charge in [-0.1, -0.05) is 15.9 Å². The molecule has 0 aliphatic carbocycles. The molecule has 0 saturated heterocycles. The van der Waals surface area contributed by atoms with Crippen molar-refractivity contribution in [3.63, 3.8) is 0 Å². The van der Waals surface area contributed by atoms with E-state index in [0.29, 0.717) is 0 Å². The van der Waals surface area contributed by atoms with Gasteiger partial charge in [-0.3, -0.25) is 0 Å². The number of benzene rings is 1. The van der Waals surface area contributed by atoms with E-state index < -0.39 is 0 Å². The summed E-state index contributed by atoms with van der Waals surface area (Å²) in [5.41, 5.74) is 0.912. The summed E-state index contributed by atoms with van der Waals surface area (Å²) in [6.45, 7) is 4.20. The minimum atomic E-state index is -0.170. The highest BCUT2D eigenvalue weighted by atomic mass is 79.9. The number of hydrogen-bond donors (Lipinski definition) is 1. The normalized spacial score (nSPS) is 11.4. The van der Waals surface area contributed by atoms with Crippen molar-refractivity contribution in [3.05, 3.63) is 22.2 Å². The standard InChI is InChI=1S/C12H18BrNO2/c1-12(2,14-3)11-9(13)6-8(15-4)7-10(11)16-5/h6-7,14H,1-5H3. The Morgan fingerprint density at radius 2 is 1.81 bits per heavy atom. The van der Waals surface area contributed by atoms with E-state index in [1.54, 1.807) is 14.2 Å². The van der Waals surface area contributed by atoms with Crippen LogP contribution in [-0.4, -0.2) is 21.3 Å². The number of methoxy groups -OCH3 is 2. The van der Waals surface area contributed by atoms with E-state index in [-0.39, 0.29) is 5.54 Å². The van der Waals surface area contributed by atoms with Gasteiger partial charge in [0.1, 0.15) is 11.5 Å². The first-order chi connectivity index (χ1) is 7.46. The van der Waals surface area contributed by atoms with Crippen LogP contribution in [-0.2, 0) is 5.54 Å². The van der Waals surface area contributed by atoms with Gasteiger partial charge in [0.25, 0.3) is 0 Å². The van der Waals surface area contributed by atoms with Crippen molar-refractivity contribution in [1.82, 2.24) is 5.32 Å². The quantitative estimate of drug-likeness (QED) is 0.924. The van der Waals surface area contributed by atoms with E-state index in [1.165, 1.54) is 0 Å². The molecule has 0 spiro atoms. The average Bonchev–Trinajstić information content (AvgIpc) is 2.27. The maximum Gasteiger partial charge on any atom is 0.128 e. The van der Waals surface area contributed by atoms with Crippen molar-refractivity contribution in [2.45, 2.75) is 19.4 Å². The van der Waals surface area contributed by atoms with Crippen LogP contribution < -0.4 is 14.8 Å². The second-order valence-electron chi connectivity index (χ2n) is 4.06. The maximum atomic E-state index is 5.41. The molecule has 3 nitrogen and oxygen atoms in total. The lowest BCUT2D eigenvalue weighted by Gasteiger charge is -2.28. The summed E-state index contributed by atoms with van der Waals surface area (Å²) in [6, 6.07) is 3.83. The van der Waals surface area contributed by atoms with Crippen molar-refractivity contribution in [2.24, 2.45) is 0 Å². The Morgan fingerprint density at radius 3 is 2.25 bits per heavy atom. The van der Waals surface area contributed by atoms with Crippen molar-refractivity contribution in [1.29, 1.82) is 0 Å². The smallest absolute Gasteiger partial charge is 0.128 e. The van der Waals surface area contributed by atoms with Gasteiger partial charge in [-0.15, -0.1) is 0 Å². The molecule has 0 bridgehead atoms. The van der Waals surface area contributed by atoms with Crippen molar-refractivity contribution in [2.75, 3.05) is 21.3 Å². The minimum Gasteiger partial charge on any atom is -0.497 e. The Labute approximate surface area is 105 Å². The van der Waals surface area contributed by atoms with Gasteiger partial charge in [0, 0.05) is 21.6 Å². The molecule has 1 N–H and O–H groups in total. The highest BCUT2D eigenvalue weighted by Gasteiger charge is 2.25. The highest BCUT2D eigenvalue weighted by Crippen LogP contribution is 2.38. The Hall–Kier alpha value is -0.740. The summed E-state index contributed by atoms with van der Waals surface area (Å²) in [4.78, 5) is 0. The molecular weight excluding hydrogens is 270 g/mol. The second kappa shape index (κ2) is 5.06. The molecule has 0 fully saturated rings. The topological polar surface area (TPSA) is 30.5 Å². The van der Waals surface area contributed by atoms with Gasteiger partial charge < -0.3 is 14.8 Å². The van der Waals surface area contributed by atoms with Crippen LogP contribution >= 0.6 is 15.9 Å². The van der Waals surface area contributed by atoms with Gasteiger partial charge in [-0.2, -0.15) is 0 Å². The average molecular weight is 288 g/mol. The van der Waals surface area contributed by atoms with Crippen LogP contribution in [0, 0.1) is 0 Å². The Balaban J connectivity index is 3.38. The summed E-state index contributed by atoms with van der Waals surface area (Å²) < 4.78 is 11.6. The number of hydrogen-bond acceptors (Lipinski definition) is 3. The first-order valence-corrected chi connectivity index (χ1v) is 5.86. The first kappa shape index (κ1) is 13.3. The summed E-state index contributed by atoms with van der Waals surface area (Å²) in [5.74, 6) is 1.59. The van der Waals surface area contributed by atoms with Crippen molar-refractivity contribution >= 4 is 15.9 Å². The van der Waals surface area contributed by atoms with Crippen LogP contribution in [0.3, 0.4) is 0 Å². The zero-order valence-electron chi connectivity index (χ0n) is 10.3. The maximum absolute atomic E-state index is 5.41. The molecule has 1 rings (SSSR count). The number of rotatable bonds is 4. The molecule has 0 radical (unpaired) electrons. The fourth-order valence-electron chi connectivity index (χ4n) is 1.57. The monoisotopic (exact) mass is 287 g/mol. The van der Waals surface area contributed by atoms with Crippen LogP contribution in [0.4, 0.5) is 0 Å². The second-order valence-corrected chi connectivity index (χ2v) is 4.92. The van der Waals surface area contributed by atoms with E-state index in [2.05, 4.69) is 35.1 Å². The molecule has 0 unspecified atom stereocenters. The molecule has 16 heavy (non-hydrogen) atoms. The molecule has 90 valence electrons. The molecular formula is C12H18BrNO2. The molecule has 0 aromatic heterocycles. The van der Waals surface area contributed by atoms with Gasteiger partial charge in [0.05, 0.1) is 14.2 Å². The third-order valence-corrected chi connectivity index (χ3v) is 3.36. The van der Waals surface area contributed by atoms with Gasteiger partial charge >= 0.3 is 0 Å². The molecule has 4 heteroatoms. The summed E-state index contributed by atoms with van der Waals surface area (Å²) >= 11 is 3.56. The lowest BCUT2D eigenvalue weighted by Crippen LogP contribution is -2.34. The Bertz CT molecular complexity index is 378. The molecule has 0 heterocycles. The number of ether oxygens (including phenoxy) is 2. The van der Waals surface area contributed by atoms with Gasteiger partial charge in [0.2, 0.25) is 0 Å². The molecule has 0 amide bonds. The number of halogens is 1. The van der Waals surface area contributed by atoms with E-state index in [9.17, 15) is 0 Å². The molecule has 0 saturated carbocycles. The van der Waals surface area contributed by atoms with Crippen LogP contribution in [0.2, 0.25) is 0 Å². The lowest BCUT2D eigenvalue weighted by atomic mass is 9.93. The Morgan fingerprint density at radius 1 is 1.19 bits per heavy atom.